The van der Waals surface area contributed by atoms with Gasteiger partial charge in [0.2, 0.25) is 0 Å². The second kappa shape index (κ2) is 3.59. The Kier molecular flexibility index (Phi) is 2.29. The number of benzene rings is 1. The zero-order valence-electron chi connectivity index (χ0n) is 7.46. The van der Waals surface area contributed by atoms with Gasteiger partial charge >= 0.3 is 0 Å². The van der Waals surface area contributed by atoms with E-state index in [1.807, 2.05) is 18.2 Å². The van der Waals surface area contributed by atoms with Crippen molar-refractivity contribution in [2.24, 2.45) is 0 Å². The highest BCUT2D eigenvalue weighted by atomic mass is 14.9. The van der Waals surface area contributed by atoms with E-state index in [9.17, 15) is 0 Å². The first-order valence-corrected chi connectivity index (χ1v) is 4.61. The third-order valence-electron chi connectivity index (χ3n) is 2.58. The molecule has 66 valence electrons. The molecule has 2 rings (SSSR count). The maximum atomic E-state index is 8.91. The molecule has 0 spiro atoms. The van der Waals surface area contributed by atoms with Crippen LogP contribution in [0.15, 0.2) is 24.3 Å². The standard InChI is InChI=1S/C11H12N2/c12-7-9-3-1-2-4-11(9)10-5-6-13-8-10/h1-4,10,13H,5-6,8H2/t10-/m1/s1. The zero-order valence-corrected chi connectivity index (χ0v) is 7.46. The highest BCUT2D eigenvalue weighted by Gasteiger charge is 2.18. The third kappa shape index (κ3) is 1.56. The fourth-order valence-corrected chi connectivity index (χ4v) is 1.87. The lowest BCUT2D eigenvalue weighted by molar-refractivity contribution is 0.761. The molecule has 0 unspecified atom stereocenters. The summed E-state index contributed by atoms with van der Waals surface area (Å²) in [6.45, 7) is 2.09. The minimum absolute atomic E-state index is 0.538. The minimum atomic E-state index is 0.538. The SMILES string of the molecule is N#Cc1ccccc1[C@@H]1CCNC1. The van der Waals surface area contributed by atoms with Gasteiger partial charge in [-0.1, -0.05) is 18.2 Å². The first-order chi connectivity index (χ1) is 6.42. The molecule has 0 radical (unpaired) electrons. The van der Waals surface area contributed by atoms with Crippen molar-refractivity contribution < 1.29 is 0 Å². The van der Waals surface area contributed by atoms with Crippen LogP contribution in [-0.2, 0) is 0 Å². The van der Waals surface area contributed by atoms with Gasteiger partial charge in [0.1, 0.15) is 0 Å². The monoisotopic (exact) mass is 172 g/mol. The second-order valence-electron chi connectivity index (χ2n) is 3.39. The van der Waals surface area contributed by atoms with Crippen molar-refractivity contribution in [2.75, 3.05) is 13.1 Å². The van der Waals surface area contributed by atoms with Crippen molar-refractivity contribution in [1.82, 2.24) is 5.32 Å². The molecule has 0 aromatic heterocycles. The normalized spacial score (nSPS) is 21.3. The molecular formula is C11H12N2. The van der Waals surface area contributed by atoms with E-state index in [-0.39, 0.29) is 0 Å². The van der Waals surface area contributed by atoms with Crippen LogP contribution < -0.4 is 5.32 Å². The molecule has 1 fully saturated rings. The summed E-state index contributed by atoms with van der Waals surface area (Å²) in [7, 11) is 0. The number of hydrogen-bond donors (Lipinski definition) is 1. The average molecular weight is 172 g/mol. The van der Waals surface area contributed by atoms with Gasteiger partial charge in [-0.3, -0.25) is 0 Å². The van der Waals surface area contributed by atoms with E-state index < -0.39 is 0 Å². The summed E-state index contributed by atoms with van der Waals surface area (Å²) < 4.78 is 0. The molecule has 0 amide bonds. The lowest BCUT2D eigenvalue weighted by Crippen LogP contribution is -2.08. The molecule has 13 heavy (non-hydrogen) atoms. The summed E-state index contributed by atoms with van der Waals surface area (Å²) in [6.07, 6.45) is 1.15. The molecule has 1 saturated heterocycles. The first-order valence-electron chi connectivity index (χ1n) is 4.61. The second-order valence-corrected chi connectivity index (χ2v) is 3.39. The van der Waals surface area contributed by atoms with E-state index in [2.05, 4.69) is 17.5 Å². The van der Waals surface area contributed by atoms with Crippen LogP contribution in [0.25, 0.3) is 0 Å². The summed E-state index contributed by atoms with van der Waals surface area (Å²) in [5, 5.41) is 12.2. The summed E-state index contributed by atoms with van der Waals surface area (Å²) in [5.41, 5.74) is 2.03. The highest BCUT2D eigenvalue weighted by molar-refractivity contribution is 5.40. The maximum Gasteiger partial charge on any atom is 0.0994 e. The molecule has 1 aromatic rings. The Bertz CT molecular complexity index is 332. The van der Waals surface area contributed by atoms with Crippen LogP contribution in [0.5, 0.6) is 0 Å². The zero-order chi connectivity index (χ0) is 9.10. The van der Waals surface area contributed by atoms with Gasteiger partial charge in [-0.15, -0.1) is 0 Å². The lowest BCUT2D eigenvalue weighted by atomic mass is 9.94. The lowest BCUT2D eigenvalue weighted by Gasteiger charge is -2.09. The molecule has 1 atom stereocenters. The molecule has 1 aromatic carbocycles. The Labute approximate surface area is 78.2 Å². The summed E-state index contributed by atoms with van der Waals surface area (Å²) in [4.78, 5) is 0. The molecule has 1 N–H and O–H groups in total. The smallest absolute Gasteiger partial charge is 0.0994 e. The Morgan fingerprint density at radius 2 is 2.23 bits per heavy atom. The van der Waals surface area contributed by atoms with E-state index in [1.54, 1.807) is 0 Å². The van der Waals surface area contributed by atoms with Crippen LogP contribution in [0, 0.1) is 11.3 Å². The van der Waals surface area contributed by atoms with E-state index in [4.69, 9.17) is 5.26 Å². The molecule has 2 heteroatoms. The van der Waals surface area contributed by atoms with E-state index in [0.717, 1.165) is 25.1 Å². The highest BCUT2D eigenvalue weighted by Crippen LogP contribution is 2.24. The van der Waals surface area contributed by atoms with Crippen LogP contribution in [0.2, 0.25) is 0 Å². The Hall–Kier alpha value is -1.33. The van der Waals surface area contributed by atoms with Crippen LogP contribution in [-0.4, -0.2) is 13.1 Å². The van der Waals surface area contributed by atoms with Gasteiger partial charge in [0.25, 0.3) is 0 Å². The summed E-state index contributed by atoms with van der Waals surface area (Å²) in [6, 6.07) is 10.1. The Balaban J connectivity index is 2.33. The molecule has 0 saturated carbocycles. The van der Waals surface area contributed by atoms with Crippen molar-refractivity contribution >= 4 is 0 Å². The molecule has 1 heterocycles. The topological polar surface area (TPSA) is 35.8 Å². The Morgan fingerprint density at radius 1 is 1.38 bits per heavy atom. The van der Waals surface area contributed by atoms with Gasteiger partial charge in [0.15, 0.2) is 0 Å². The Morgan fingerprint density at radius 3 is 2.92 bits per heavy atom. The van der Waals surface area contributed by atoms with Gasteiger partial charge in [0, 0.05) is 6.54 Å². The number of nitrogens with zero attached hydrogens (tertiary/aromatic N) is 1. The van der Waals surface area contributed by atoms with Crippen molar-refractivity contribution in [3.05, 3.63) is 35.4 Å². The first kappa shape index (κ1) is 8.28. The summed E-state index contributed by atoms with van der Waals surface area (Å²) in [5.74, 6) is 0.538. The maximum absolute atomic E-state index is 8.91. The molecule has 0 aliphatic carbocycles. The quantitative estimate of drug-likeness (QED) is 0.699. The molecule has 1 aliphatic rings. The number of nitrogens with one attached hydrogen (secondary N) is 1. The average Bonchev–Trinajstić information content (AvgIpc) is 2.70. The van der Waals surface area contributed by atoms with E-state index >= 15 is 0 Å². The molecule has 0 bridgehead atoms. The number of hydrogen-bond acceptors (Lipinski definition) is 2. The minimum Gasteiger partial charge on any atom is -0.316 e. The van der Waals surface area contributed by atoms with E-state index in [1.165, 1.54) is 5.56 Å². The van der Waals surface area contributed by atoms with Gasteiger partial charge in [0.05, 0.1) is 11.6 Å². The summed E-state index contributed by atoms with van der Waals surface area (Å²) >= 11 is 0. The number of rotatable bonds is 1. The van der Waals surface area contributed by atoms with Crippen molar-refractivity contribution in [1.29, 1.82) is 5.26 Å². The van der Waals surface area contributed by atoms with Gasteiger partial charge in [-0.05, 0) is 30.5 Å². The van der Waals surface area contributed by atoms with Gasteiger partial charge < -0.3 is 5.32 Å². The van der Waals surface area contributed by atoms with Crippen LogP contribution in [0.3, 0.4) is 0 Å². The molecular weight excluding hydrogens is 160 g/mol. The van der Waals surface area contributed by atoms with E-state index in [0.29, 0.717) is 5.92 Å². The van der Waals surface area contributed by atoms with Gasteiger partial charge in [-0.25, -0.2) is 0 Å². The van der Waals surface area contributed by atoms with Crippen molar-refractivity contribution in [3.8, 4) is 6.07 Å². The fourth-order valence-electron chi connectivity index (χ4n) is 1.87. The largest absolute Gasteiger partial charge is 0.316 e. The predicted molar refractivity (Wildman–Crippen MR) is 51.4 cm³/mol. The van der Waals surface area contributed by atoms with Crippen molar-refractivity contribution in [2.45, 2.75) is 12.3 Å². The van der Waals surface area contributed by atoms with Crippen LogP contribution in [0.4, 0.5) is 0 Å². The third-order valence-corrected chi connectivity index (χ3v) is 2.58. The molecule has 2 nitrogen and oxygen atoms in total. The molecule has 1 aliphatic heterocycles. The van der Waals surface area contributed by atoms with Crippen LogP contribution >= 0.6 is 0 Å². The van der Waals surface area contributed by atoms with Crippen LogP contribution in [0.1, 0.15) is 23.5 Å². The van der Waals surface area contributed by atoms with Gasteiger partial charge in [-0.2, -0.15) is 5.26 Å². The fraction of sp³-hybridized carbons (Fsp3) is 0.364. The number of nitriles is 1. The predicted octanol–water partition coefficient (Wildman–Crippen LogP) is 1.64. The van der Waals surface area contributed by atoms with Crippen molar-refractivity contribution in [3.63, 3.8) is 0 Å².